The summed E-state index contributed by atoms with van der Waals surface area (Å²) in [5, 5.41) is 14.9. The zero-order chi connectivity index (χ0) is 23.4. The molecule has 0 saturated heterocycles. The number of carboxylic acids is 1. The molecule has 2 rings (SSSR count). The number of nitrogens with one attached hydrogen (secondary N) is 2. The molecule has 3 N–H and O–H groups in total. The summed E-state index contributed by atoms with van der Waals surface area (Å²) in [4.78, 5) is 23.4. The Balaban J connectivity index is 1.66. The van der Waals surface area contributed by atoms with Crippen LogP contribution >= 0.6 is 0 Å². The number of ether oxygens (including phenoxy) is 2. The van der Waals surface area contributed by atoms with Crippen LogP contribution < -0.4 is 15.4 Å². The van der Waals surface area contributed by atoms with Crippen molar-refractivity contribution in [3.8, 4) is 5.75 Å². The van der Waals surface area contributed by atoms with Crippen molar-refractivity contribution >= 4 is 17.7 Å². The van der Waals surface area contributed by atoms with Crippen molar-refractivity contribution in [1.29, 1.82) is 0 Å². The van der Waals surface area contributed by atoms with Crippen molar-refractivity contribution in [1.82, 2.24) is 5.32 Å². The summed E-state index contributed by atoms with van der Waals surface area (Å²) in [5.41, 5.74) is 1.64. The lowest BCUT2D eigenvalue weighted by Gasteiger charge is -2.23. The zero-order valence-electron chi connectivity index (χ0n) is 19.1. The lowest BCUT2D eigenvalue weighted by Crippen LogP contribution is -2.39. The van der Waals surface area contributed by atoms with E-state index >= 15 is 0 Å². The fourth-order valence-corrected chi connectivity index (χ4v) is 3.10. The summed E-state index contributed by atoms with van der Waals surface area (Å²) in [6, 6.07) is 14.9. The molecule has 2 aromatic carbocycles. The Morgan fingerprint density at radius 2 is 1.66 bits per heavy atom. The van der Waals surface area contributed by atoms with E-state index in [0.29, 0.717) is 25.3 Å². The van der Waals surface area contributed by atoms with Crippen molar-refractivity contribution in [2.75, 3.05) is 25.6 Å². The zero-order valence-corrected chi connectivity index (χ0v) is 19.1. The van der Waals surface area contributed by atoms with Gasteiger partial charge in [0.1, 0.15) is 5.75 Å². The molecule has 32 heavy (non-hydrogen) atoms. The molecule has 0 aromatic heterocycles. The number of rotatable bonds is 13. The normalized spacial score (nSPS) is 12.6. The topological polar surface area (TPSA) is 96.9 Å². The van der Waals surface area contributed by atoms with Crippen LogP contribution in [0.25, 0.3) is 0 Å². The average Bonchev–Trinajstić information content (AvgIpc) is 2.79. The Hall–Kier alpha value is -3.06. The molecule has 0 fully saturated rings. The van der Waals surface area contributed by atoms with E-state index in [9.17, 15) is 14.7 Å². The summed E-state index contributed by atoms with van der Waals surface area (Å²) in [5.74, 6) is -0.309. The number of methoxy groups -OCH3 is 1. The van der Waals surface area contributed by atoms with E-state index < -0.39 is 11.6 Å². The van der Waals surface area contributed by atoms with Crippen LogP contribution in [-0.4, -0.2) is 43.0 Å². The molecule has 2 aromatic rings. The molecule has 174 valence electrons. The lowest BCUT2D eigenvalue weighted by molar-refractivity contribution is -0.159. The van der Waals surface area contributed by atoms with E-state index in [1.165, 1.54) is 12.7 Å². The fourth-order valence-electron chi connectivity index (χ4n) is 3.10. The minimum Gasteiger partial charge on any atom is -0.494 e. The van der Waals surface area contributed by atoms with Gasteiger partial charge < -0.3 is 25.2 Å². The average molecular weight is 443 g/mol. The predicted molar refractivity (Wildman–Crippen MR) is 125 cm³/mol. The van der Waals surface area contributed by atoms with Gasteiger partial charge in [0.25, 0.3) is 0 Å². The molecule has 0 aliphatic rings. The quantitative estimate of drug-likeness (QED) is 0.392. The van der Waals surface area contributed by atoms with E-state index in [-0.39, 0.29) is 12.5 Å². The van der Waals surface area contributed by atoms with Crippen LogP contribution in [0.4, 0.5) is 10.5 Å². The number of urea groups is 1. The third-order valence-corrected chi connectivity index (χ3v) is 5.27. The number of amides is 2. The minimum absolute atomic E-state index is 0.240. The lowest BCUT2D eigenvalue weighted by atomic mass is 9.96. The van der Waals surface area contributed by atoms with Gasteiger partial charge in [0.15, 0.2) is 5.60 Å². The standard InChI is InChI=1S/C25H34N2O5/c1-4-5-7-19-8-12-21(13-9-19)27-24(30)26-16-6-17-32-22-14-10-20(11-15-22)18-25(2,31-3)23(28)29/h8-15H,4-7,16-18H2,1-3H3,(H,28,29)(H2,26,27,30)/t25-/m0/s1. The van der Waals surface area contributed by atoms with Crippen LogP contribution in [0.2, 0.25) is 0 Å². The maximum absolute atomic E-state index is 12.0. The smallest absolute Gasteiger partial charge is 0.336 e. The van der Waals surface area contributed by atoms with E-state index in [2.05, 4.69) is 17.6 Å². The van der Waals surface area contributed by atoms with Gasteiger partial charge in [-0.15, -0.1) is 0 Å². The Morgan fingerprint density at radius 3 is 2.25 bits per heavy atom. The van der Waals surface area contributed by atoms with Crippen LogP contribution in [0, 0.1) is 0 Å². The second-order valence-corrected chi connectivity index (χ2v) is 7.94. The SMILES string of the molecule is CCCCc1ccc(NC(=O)NCCCOc2ccc(C[C@](C)(OC)C(=O)O)cc2)cc1. The van der Waals surface area contributed by atoms with Gasteiger partial charge in [-0.25, -0.2) is 9.59 Å². The number of carbonyl (C=O) groups excluding carboxylic acids is 1. The van der Waals surface area contributed by atoms with E-state index in [1.54, 1.807) is 19.1 Å². The highest BCUT2D eigenvalue weighted by molar-refractivity contribution is 5.89. The number of aliphatic carboxylic acids is 1. The van der Waals surface area contributed by atoms with Gasteiger partial charge in [-0.05, 0) is 61.6 Å². The van der Waals surface area contributed by atoms with Gasteiger partial charge in [0, 0.05) is 25.8 Å². The molecule has 0 aliphatic heterocycles. The third kappa shape index (κ3) is 8.23. The van der Waals surface area contributed by atoms with E-state index in [1.807, 2.05) is 36.4 Å². The predicted octanol–water partition coefficient (Wildman–Crippen LogP) is 4.65. The van der Waals surface area contributed by atoms with Crippen molar-refractivity contribution < 1.29 is 24.2 Å². The van der Waals surface area contributed by atoms with Gasteiger partial charge in [-0.1, -0.05) is 37.6 Å². The first-order valence-corrected chi connectivity index (χ1v) is 11.0. The van der Waals surface area contributed by atoms with Gasteiger partial charge in [-0.3, -0.25) is 0 Å². The molecule has 7 heteroatoms. The Morgan fingerprint density at radius 1 is 1.00 bits per heavy atom. The number of unbranched alkanes of at least 4 members (excludes halogenated alkanes) is 1. The maximum atomic E-state index is 12.0. The Kier molecular flexibility index (Phi) is 10.0. The number of benzene rings is 2. The number of hydrogen-bond donors (Lipinski definition) is 3. The molecule has 0 bridgehead atoms. The first kappa shape index (κ1) is 25.2. The molecular weight excluding hydrogens is 408 g/mol. The fraction of sp³-hybridized carbons (Fsp3) is 0.440. The van der Waals surface area contributed by atoms with E-state index in [4.69, 9.17) is 9.47 Å². The molecule has 0 saturated carbocycles. The van der Waals surface area contributed by atoms with E-state index in [0.717, 1.165) is 30.5 Å². The first-order valence-electron chi connectivity index (χ1n) is 11.0. The van der Waals surface area contributed by atoms with Crippen molar-refractivity contribution in [3.05, 3.63) is 59.7 Å². The monoisotopic (exact) mass is 442 g/mol. The molecule has 0 spiro atoms. The van der Waals surface area contributed by atoms with Gasteiger partial charge in [0.2, 0.25) is 0 Å². The van der Waals surface area contributed by atoms with Crippen LogP contribution in [0.1, 0.15) is 44.2 Å². The molecule has 0 aliphatic carbocycles. The highest BCUT2D eigenvalue weighted by atomic mass is 16.5. The summed E-state index contributed by atoms with van der Waals surface area (Å²) in [6.45, 7) is 4.66. The second kappa shape index (κ2) is 12.7. The molecular formula is C25H34N2O5. The largest absolute Gasteiger partial charge is 0.494 e. The van der Waals surface area contributed by atoms with Crippen LogP contribution in [0.5, 0.6) is 5.75 Å². The number of carbonyl (C=O) groups is 2. The molecule has 1 atom stereocenters. The third-order valence-electron chi connectivity index (χ3n) is 5.27. The number of carboxylic acid groups (broad SMARTS) is 1. The Labute approximate surface area is 190 Å². The molecule has 0 radical (unpaired) electrons. The minimum atomic E-state index is -1.26. The van der Waals surface area contributed by atoms with Crippen LogP contribution in [-0.2, 0) is 22.4 Å². The van der Waals surface area contributed by atoms with Crippen LogP contribution in [0.3, 0.4) is 0 Å². The molecule has 0 unspecified atom stereocenters. The maximum Gasteiger partial charge on any atom is 0.336 e. The highest BCUT2D eigenvalue weighted by Crippen LogP contribution is 2.20. The van der Waals surface area contributed by atoms with Crippen molar-refractivity contribution in [3.63, 3.8) is 0 Å². The van der Waals surface area contributed by atoms with Crippen molar-refractivity contribution in [2.45, 2.75) is 51.6 Å². The summed E-state index contributed by atoms with van der Waals surface area (Å²) < 4.78 is 10.8. The second-order valence-electron chi connectivity index (χ2n) is 7.94. The van der Waals surface area contributed by atoms with Gasteiger partial charge in [-0.2, -0.15) is 0 Å². The highest BCUT2D eigenvalue weighted by Gasteiger charge is 2.33. The molecule has 7 nitrogen and oxygen atoms in total. The number of anilines is 1. The van der Waals surface area contributed by atoms with Gasteiger partial charge in [0.05, 0.1) is 6.61 Å². The van der Waals surface area contributed by atoms with Gasteiger partial charge >= 0.3 is 12.0 Å². The Bertz CT molecular complexity index is 852. The molecule has 0 heterocycles. The van der Waals surface area contributed by atoms with Crippen molar-refractivity contribution in [2.24, 2.45) is 0 Å². The number of aryl methyl sites for hydroxylation is 1. The summed E-state index contributed by atoms with van der Waals surface area (Å²) in [7, 11) is 1.39. The number of hydrogen-bond acceptors (Lipinski definition) is 4. The van der Waals surface area contributed by atoms with Crippen LogP contribution in [0.15, 0.2) is 48.5 Å². The first-order chi connectivity index (χ1) is 15.4. The summed E-state index contributed by atoms with van der Waals surface area (Å²) in [6.07, 6.45) is 4.31. The summed E-state index contributed by atoms with van der Waals surface area (Å²) >= 11 is 0. The molecule has 2 amide bonds.